The number of nitrogens with zero attached hydrogens (tertiary/aromatic N) is 4. The molecule has 2 aromatic rings. The molecular formula is C16H15ClN4O. The molecule has 0 radical (unpaired) electrons. The third-order valence-electron chi connectivity index (χ3n) is 3.83. The lowest BCUT2D eigenvalue weighted by atomic mass is 9.94. The van der Waals surface area contributed by atoms with Crippen LogP contribution in [0.4, 0.5) is 5.82 Å². The molecule has 0 spiro atoms. The lowest BCUT2D eigenvalue weighted by Crippen LogP contribution is -2.35. The summed E-state index contributed by atoms with van der Waals surface area (Å²) in [5.74, 6) is 0.681. The van der Waals surface area contributed by atoms with Gasteiger partial charge in [-0.1, -0.05) is 23.7 Å². The number of β-amino-alcohol motifs (C(OH)–C–C–N with tert-alkyl or cyclic N) is 1. The Balaban J connectivity index is 1.71. The summed E-state index contributed by atoms with van der Waals surface area (Å²) in [4.78, 5) is 10.2. The second-order valence-corrected chi connectivity index (χ2v) is 6.01. The summed E-state index contributed by atoms with van der Waals surface area (Å²) < 4.78 is 0. The predicted molar refractivity (Wildman–Crippen MR) is 83.7 cm³/mol. The fourth-order valence-corrected chi connectivity index (χ4v) is 2.98. The van der Waals surface area contributed by atoms with E-state index in [9.17, 15) is 5.11 Å². The molecule has 0 bridgehead atoms. The van der Waals surface area contributed by atoms with Crippen molar-refractivity contribution in [2.24, 2.45) is 0 Å². The first-order valence-corrected chi connectivity index (χ1v) is 7.40. The average Bonchev–Trinajstić information content (AvgIpc) is 2.89. The van der Waals surface area contributed by atoms with Gasteiger partial charge in [0, 0.05) is 24.5 Å². The highest BCUT2D eigenvalue weighted by Crippen LogP contribution is 2.29. The van der Waals surface area contributed by atoms with Crippen LogP contribution in [0.2, 0.25) is 5.02 Å². The molecule has 5 nitrogen and oxygen atoms in total. The quantitative estimate of drug-likeness (QED) is 0.940. The Hall–Kier alpha value is -2.16. The maximum absolute atomic E-state index is 10.8. The molecular weight excluding hydrogens is 300 g/mol. The Morgan fingerprint density at radius 3 is 2.91 bits per heavy atom. The average molecular weight is 315 g/mol. The Labute approximate surface area is 133 Å². The first-order chi connectivity index (χ1) is 10.6. The summed E-state index contributed by atoms with van der Waals surface area (Å²) in [6.45, 7) is 1.19. The van der Waals surface area contributed by atoms with Gasteiger partial charge < -0.3 is 10.0 Å². The van der Waals surface area contributed by atoms with Crippen molar-refractivity contribution < 1.29 is 5.11 Å². The number of hydrogen-bond donors (Lipinski definition) is 1. The largest absolute Gasteiger partial charge is 0.388 e. The molecule has 22 heavy (non-hydrogen) atoms. The van der Waals surface area contributed by atoms with Gasteiger partial charge in [-0.15, -0.1) is 0 Å². The van der Waals surface area contributed by atoms with Crippen molar-refractivity contribution >= 4 is 17.4 Å². The third kappa shape index (κ3) is 3.19. The van der Waals surface area contributed by atoms with Crippen molar-refractivity contribution in [1.29, 1.82) is 5.26 Å². The van der Waals surface area contributed by atoms with Gasteiger partial charge in [0.1, 0.15) is 11.9 Å². The molecule has 3 rings (SSSR count). The Bertz CT molecular complexity index is 713. The maximum atomic E-state index is 10.8. The van der Waals surface area contributed by atoms with E-state index in [1.54, 1.807) is 6.20 Å². The van der Waals surface area contributed by atoms with E-state index >= 15 is 0 Å². The minimum atomic E-state index is -0.805. The highest BCUT2D eigenvalue weighted by molar-refractivity contribution is 6.30. The fraction of sp³-hybridized carbons (Fsp3) is 0.312. The van der Waals surface area contributed by atoms with Crippen LogP contribution in [0.25, 0.3) is 0 Å². The molecule has 1 aromatic heterocycles. The summed E-state index contributed by atoms with van der Waals surface area (Å²) in [5, 5.41) is 20.2. The molecule has 1 aliphatic heterocycles. The SMILES string of the molecule is N#Cc1cnc(N2CCC(O)(Cc3cccc(Cl)c3)C2)cn1. The van der Waals surface area contributed by atoms with Crippen molar-refractivity contribution in [1.82, 2.24) is 9.97 Å². The molecule has 6 heteroatoms. The van der Waals surface area contributed by atoms with Gasteiger partial charge in [-0.25, -0.2) is 9.97 Å². The van der Waals surface area contributed by atoms with Crippen LogP contribution in [-0.2, 0) is 6.42 Å². The van der Waals surface area contributed by atoms with Crippen molar-refractivity contribution in [2.45, 2.75) is 18.4 Å². The van der Waals surface area contributed by atoms with Crippen molar-refractivity contribution in [3.63, 3.8) is 0 Å². The zero-order chi connectivity index (χ0) is 15.6. The van der Waals surface area contributed by atoms with Crippen LogP contribution in [0.1, 0.15) is 17.7 Å². The van der Waals surface area contributed by atoms with Gasteiger partial charge in [-0.3, -0.25) is 0 Å². The van der Waals surface area contributed by atoms with Crippen LogP contribution in [0, 0.1) is 11.3 Å². The Morgan fingerprint density at radius 1 is 1.36 bits per heavy atom. The number of rotatable bonds is 3. The fourth-order valence-electron chi connectivity index (χ4n) is 2.77. The maximum Gasteiger partial charge on any atom is 0.158 e. The summed E-state index contributed by atoms with van der Waals surface area (Å²) >= 11 is 5.99. The van der Waals surface area contributed by atoms with Crippen LogP contribution in [0.3, 0.4) is 0 Å². The summed E-state index contributed by atoms with van der Waals surface area (Å²) in [6, 6.07) is 9.50. The van der Waals surface area contributed by atoms with E-state index < -0.39 is 5.60 Å². The third-order valence-corrected chi connectivity index (χ3v) is 4.07. The van der Waals surface area contributed by atoms with E-state index in [1.807, 2.05) is 35.2 Å². The predicted octanol–water partition coefficient (Wildman–Crippen LogP) is 2.19. The van der Waals surface area contributed by atoms with E-state index in [0.29, 0.717) is 36.8 Å². The molecule has 1 N–H and O–H groups in total. The van der Waals surface area contributed by atoms with E-state index in [-0.39, 0.29) is 5.69 Å². The molecule has 1 atom stereocenters. The smallest absolute Gasteiger partial charge is 0.158 e. The molecule has 0 aliphatic carbocycles. The number of halogens is 1. The number of aromatic nitrogens is 2. The van der Waals surface area contributed by atoms with Gasteiger partial charge in [-0.05, 0) is 24.1 Å². The first kappa shape index (κ1) is 14.8. The van der Waals surface area contributed by atoms with Crippen molar-refractivity contribution in [3.05, 3.63) is 52.9 Å². The molecule has 0 saturated carbocycles. The second kappa shape index (κ2) is 5.91. The number of hydrogen-bond acceptors (Lipinski definition) is 5. The minimum Gasteiger partial charge on any atom is -0.388 e. The number of nitriles is 1. The highest BCUT2D eigenvalue weighted by atomic mass is 35.5. The number of aliphatic hydroxyl groups is 1. The lowest BCUT2D eigenvalue weighted by molar-refractivity contribution is 0.0637. The van der Waals surface area contributed by atoms with Crippen LogP contribution >= 0.6 is 11.6 Å². The van der Waals surface area contributed by atoms with E-state index in [1.165, 1.54) is 6.20 Å². The van der Waals surface area contributed by atoms with E-state index in [0.717, 1.165) is 5.56 Å². The zero-order valence-electron chi connectivity index (χ0n) is 11.9. The molecule has 1 fully saturated rings. The van der Waals surface area contributed by atoms with E-state index in [2.05, 4.69) is 9.97 Å². The van der Waals surface area contributed by atoms with Crippen LogP contribution in [-0.4, -0.2) is 33.8 Å². The van der Waals surface area contributed by atoms with Gasteiger partial charge in [0.25, 0.3) is 0 Å². The van der Waals surface area contributed by atoms with Gasteiger partial charge in [0.15, 0.2) is 5.69 Å². The molecule has 112 valence electrons. The van der Waals surface area contributed by atoms with Crippen LogP contribution < -0.4 is 4.90 Å². The Kier molecular flexibility index (Phi) is 3.97. The standard InChI is InChI=1S/C16H15ClN4O/c17-13-3-1-2-12(6-13)7-16(22)4-5-21(11-16)15-10-19-14(8-18)9-20-15/h1-3,6,9-10,22H,4-5,7,11H2. The Morgan fingerprint density at radius 2 is 2.23 bits per heavy atom. The van der Waals surface area contributed by atoms with Crippen molar-refractivity contribution in [2.75, 3.05) is 18.0 Å². The molecule has 1 aliphatic rings. The van der Waals surface area contributed by atoms with Gasteiger partial charge in [0.2, 0.25) is 0 Å². The van der Waals surface area contributed by atoms with Gasteiger partial charge in [-0.2, -0.15) is 5.26 Å². The highest BCUT2D eigenvalue weighted by Gasteiger charge is 2.36. The second-order valence-electron chi connectivity index (χ2n) is 5.57. The first-order valence-electron chi connectivity index (χ1n) is 7.02. The van der Waals surface area contributed by atoms with Crippen molar-refractivity contribution in [3.8, 4) is 6.07 Å². The normalized spacial score (nSPS) is 20.9. The molecule has 1 unspecified atom stereocenters. The summed E-state index contributed by atoms with van der Waals surface area (Å²) in [6.07, 6.45) is 4.22. The summed E-state index contributed by atoms with van der Waals surface area (Å²) in [5.41, 5.74) is 0.500. The van der Waals surface area contributed by atoms with Gasteiger partial charge in [0.05, 0.1) is 18.0 Å². The lowest BCUT2D eigenvalue weighted by Gasteiger charge is -2.24. The van der Waals surface area contributed by atoms with Crippen LogP contribution in [0.15, 0.2) is 36.7 Å². The molecule has 0 amide bonds. The number of anilines is 1. The molecule has 1 aromatic carbocycles. The topological polar surface area (TPSA) is 73.0 Å². The summed E-state index contributed by atoms with van der Waals surface area (Å²) in [7, 11) is 0. The van der Waals surface area contributed by atoms with Gasteiger partial charge >= 0.3 is 0 Å². The molecule has 1 saturated heterocycles. The monoisotopic (exact) mass is 314 g/mol. The zero-order valence-corrected chi connectivity index (χ0v) is 12.7. The van der Waals surface area contributed by atoms with E-state index in [4.69, 9.17) is 16.9 Å². The molecule has 2 heterocycles. The minimum absolute atomic E-state index is 0.289. The number of benzene rings is 1. The van der Waals surface area contributed by atoms with Crippen LogP contribution in [0.5, 0.6) is 0 Å².